The van der Waals surface area contributed by atoms with Crippen LogP contribution in [0.5, 0.6) is 11.5 Å². The predicted molar refractivity (Wildman–Crippen MR) is 145 cm³/mol. The number of hydrogen-bond donors (Lipinski definition) is 1. The lowest BCUT2D eigenvalue weighted by Gasteiger charge is -2.38. The van der Waals surface area contributed by atoms with Crippen LogP contribution >= 0.6 is 15.9 Å². The molecule has 5 rings (SSSR count). The molecule has 0 saturated heterocycles. The van der Waals surface area contributed by atoms with E-state index in [2.05, 4.69) is 76.7 Å². The molecule has 0 spiro atoms. The van der Waals surface area contributed by atoms with E-state index in [1.807, 2.05) is 25.1 Å². The molecular weight excluding hydrogens is 518 g/mol. The predicted octanol–water partition coefficient (Wildman–Crippen LogP) is 7.35. The van der Waals surface area contributed by atoms with Gasteiger partial charge in [0, 0.05) is 11.6 Å². The Bertz CT molecular complexity index is 1300. The van der Waals surface area contributed by atoms with Crippen LogP contribution in [-0.4, -0.2) is 19.7 Å². The second kappa shape index (κ2) is 10.4. The zero-order valence-electron chi connectivity index (χ0n) is 20.7. The van der Waals surface area contributed by atoms with Crippen molar-refractivity contribution in [2.75, 3.05) is 19.0 Å². The number of nitrogens with one attached hydrogen (secondary N) is 1. The Morgan fingerprint density at radius 3 is 2.67 bits per heavy atom. The van der Waals surface area contributed by atoms with Crippen molar-refractivity contribution in [2.45, 2.75) is 38.8 Å². The molecule has 36 heavy (non-hydrogen) atoms. The van der Waals surface area contributed by atoms with Gasteiger partial charge in [0.15, 0.2) is 11.5 Å². The van der Waals surface area contributed by atoms with Gasteiger partial charge in [0.2, 0.25) is 0 Å². The smallest absolute Gasteiger partial charge is 0.338 e. The molecule has 0 radical (unpaired) electrons. The van der Waals surface area contributed by atoms with Gasteiger partial charge < -0.3 is 19.5 Å². The van der Waals surface area contributed by atoms with Crippen LogP contribution in [0.3, 0.4) is 0 Å². The number of esters is 1. The van der Waals surface area contributed by atoms with Gasteiger partial charge in [0.1, 0.15) is 6.61 Å². The van der Waals surface area contributed by atoms with Gasteiger partial charge in [-0.05, 0) is 89.1 Å². The molecule has 3 aromatic carbocycles. The highest BCUT2D eigenvalue weighted by atomic mass is 79.9. The monoisotopic (exact) mass is 547 g/mol. The Balaban J connectivity index is 1.43. The van der Waals surface area contributed by atoms with E-state index in [-0.39, 0.29) is 17.9 Å². The number of carbonyl (C=O) groups is 1. The first kappa shape index (κ1) is 24.4. The maximum absolute atomic E-state index is 12.3. The number of anilines is 1. The van der Waals surface area contributed by atoms with E-state index < -0.39 is 0 Å². The second-order valence-corrected chi connectivity index (χ2v) is 10.2. The van der Waals surface area contributed by atoms with E-state index in [1.165, 1.54) is 5.56 Å². The van der Waals surface area contributed by atoms with Crippen LogP contribution < -0.4 is 14.8 Å². The molecule has 1 aliphatic carbocycles. The van der Waals surface area contributed by atoms with Crippen LogP contribution in [0.15, 0.2) is 71.2 Å². The molecule has 0 saturated carbocycles. The van der Waals surface area contributed by atoms with Crippen LogP contribution in [0.4, 0.5) is 5.69 Å². The maximum Gasteiger partial charge on any atom is 0.338 e. The Morgan fingerprint density at radius 2 is 1.92 bits per heavy atom. The quantitative estimate of drug-likeness (QED) is 0.247. The van der Waals surface area contributed by atoms with Gasteiger partial charge in [-0.1, -0.05) is 42.0 Å². The van der Waals surface area contributed by atoms with Crippen molar-refractivity contribution in [3.63, 3.8) is 0 Å². The Labute approximate surface area is 220 Å². The SMILES string of the molecule is CCOC(=O)c1ccc2c(c1)[C@@H]1C=CC[C@@H]1[C@H](c1cc(Br)c(OCc3ccc(C)cc3)c(OC)c1)N2. The molecule has 1 N–H and O–H groups in total. The first-order valence-electron chi connectivity index (χ1n) is 12.3. The van der Waals surface area contributed by atoms with E-state index >= 15 is 0 Å². The highest BCUT2D eigenvalue weighted by molar-refractivity contribution is 9.10. The molecule has 1 heterocycles. The van der Waals surface area contributed by atoms with E-state index in [1.54, 1.807) is 7.11 Å². The molecule has 186 valence electrons. The van der Waals surface area contributed by atoms with Crippen molar-refractivity contribution >= 4 is 27.6 Å². The average Bonchev–Trinajstić information content (AvgIpc) is 3.38. The number of halogens is 1. The van der Waals surface area contributed by atoms with Crippen molar-refractivity contribution in [2.24, 2.45) is 5.92 Å². The zero-order chi connectivity index (χ0) is 25.2. The third kappa shape index (κ3) is 4.74. The van der Waals surface area contributed by atoms with Crippen LogP contribution in [0, 0.1) is 12.8 Å². The normalized spacial score (nSPS) is 19.7. The van der Waals surface area contributed by atoms with Crippen molar-refractivity contribution in [3.8, 4) is 11.5 Å². The van der Waals surface area contributed by atoms with Gasteiger partial charge in [-0.2, -0.15) is 0 Å². The lowest BCUT2D eigenvalue weighted by Crippen LogP contribution is -2.29. The fourth-order valence-corrected chi connectivity index (χ4v) is 5.74. The van der Waals surface area contributed by atoms with E-state index in [9.17, 15) is 4.79 Å². The molecule has 2 aliphatic rings. The number of allylic oxidation sites excluding steroid dienone is 2. The number of ether oxygens (including phenoxy) is 3. The number of methoxy groups -OCH3 is 1. The Kier molecular flexibility index (Phi) is 7.06. The largest absolute Gasteiger partial charge is 0.493 e. The number of benzene rings is 3. The number of rotatable bonds is 7. The maximum atomic E-state index is 12.3. The molecular formula is C30H30BrNO4. The minimum Gasteiger partial charge on any atom is -0.493 e. The Morgan fingerprint density at radius 1 is 1.11 bits per heavy atom. The zero-order valence-corrected chi connectivity index (χ0v) is 22.3. The minimum atomic E-state index is -0.282. The van der Waals surface area contributed by atoms with Crippen LogP contribution in [0.25, 0.3) is 0 Å². The molecule has 3 atom stereocenters. The number of aryl methyl sites for hydroxylation is 1. The summed E-state index contributed by atoms with van der Waals surface area (Å²) in [6, 6.07) is 18.4. The third-order valence-electron chi connectivity index (χ3n) is 6.99. The van der Waals surface area contributed by atoms with E-state index in [0.717, 1.165) is 33.3 Å². The summed E-state index contributed by atoms with van der Waals surface area (Å²) in [4.78, 5) is 12.3. The summed E-state index contributed by atoms with van der Waals surface area (Å²) in [5.74, 6) is 1.65. The van der Waals surface area contributed by atoms with Gasteiger partial charge in [-0.25, -0.2) is 4.79 Å². The summed E-state index contributed by atoms with van der Waals surface area (Å²) < 4.78 is 18.0. The molecule has 3 aromatic rings. The summed E-state index contributed by atoms with van der Waals surface area (Å²) in [5, 5.41) is 3.73. The highest BCUT2D eigenvalue weighted by Crippen LogP contribution is 2.51. The summed E-state index contributed by atoms with van der Waals surface area (Å²) in [5.41, 5.74) is 6.22. The van der Waals surface area contributed by atoms with Gasteiger partial charge in [0.05, 0.1) is 29.8 Å². The van der Waals surface area contributed by atoms with Crippen molar-refractivity contribution < 1.29 is 19.0 Å². The summed E-state index contributed by atoms with van der Waals surface area (Å²) in [7, 11) is 1.67. The standard InChI is InChI=1S/C30H30BrNO4/c1-4-35-30(33)20-12-13-26-24(14-20)22-6-5-7-23(22)28(32-26)21-15-25(31)29(27(16-21)34-3)36-17-19-10-8-18(2)9-11-19/h5-6,8-16,22-23,28,32H,4,7,17H2,1-3H3/t22-,23+,28+/m1/s1. The van der Waals surface area contributed by atoms with Crippen LogP contribution in [-0.2, 0) is 11.3 Å². The molecule has 6 heteroatoms. The average molecular weight is 548 g/mol. The van der Waals surface area contributed by atoms with Crippen molar-refractivity contribution in [3.05, 3.63) is 99.0 Å². The van der Waals surface area contributed by atoms with E-state index in [4.69, 9.17) is 14.2 Å². The first-order valence-corrected chi connectivity index (χ1v) is 13.1. The third-order valence-corrected chi connectivity index (χ3v) is 7.58. The topological polar surface area (TPSA) is 56.8 Å². The van der Waals surface area contributed by atoms with E-state index in [0.29, 0.717) is 36.2 Å². The van der Waals surface area contributed by atoms with Gasteiger partial charge in [-0.3, -0.25) is 0 Å². The second-order valence-electron chi connectivity index (χ2n) is 9.31. The summed E-state index contributed by atoms with van der Waals surface area (Å²) in [6.45, 7) is 4.72. The molecule has 1 aliphatic heterocycles. The highest BCUT2D eigenvalue weighted by Gasteiger charge is 2.38. The lowest BCUT2D eigenvalue weighted by molar-refractivity contribution is 0.0526. The molecule has 0 amide bonds. The fourth-order valence-electron chi connectivity index (χ4n) is 5.17. The van der Waals surface area contributed by atoms with Crippen LogP contribution in [0.1, 0.15) is 57.9 Å². The summed E-state index contributed by atoms with van der Waals surface area (Å²) >= 11 is 3.74. The van der Waals surface area contributed by atoms with Gasteiger partial charge in [-0.15, -0.1) is 0 Å². The summed E-state index contributed by atoms with van der Waals surface area (Å²) in [6.07, 6.45) is 5.45. The van der Waals surface area contributed by atoms with Crippen molar-refractivity contribution in [1.29, 1.82) is 0 Å². The Hall–Kier alpha value is -3.25. The molecule has 0 fully saturated rings. The number of hydrogen-bond acceptors (Lipinski definition) is 5. The molecule has 0 unspecified atom stereocenters. The van der Waals surface area contributed by atoms with Crippen LogP contribution in [0.2, 0.25) is 0 Å². The minimum absolute atomic E-state index is 0.0855. The number of carbonyl (C=O) groups excluding carboxylic acids is 1. The fraction of sp³-hybridized carbons (Fsp3) is 0.300. The first-order chi connectivity index (χ1) is 17.5. The molecule has 0 bridgehead atoms. The van der Waals surface area contributed by atoms with Gasteiger partial charge >= 0.3 is 5.97 Å². The molecule has 0 aromatic heterocycles. The van der Waals surface area contributed by atoms with Crippen molar-refractivity contribution in [1.82, 2.24) is 0 Å². The number of fused-ring (bicyclic) bond motifs is 3. The lowest BCUT2D eigenvalue weighted by atomic mass is 9.76. The molecule has 5 nitrogen and oxygen atoms in total. The van der Waals surface area contributed by atoms with Gasteiger partial charge in [0.25, 0.3) is 0 Å².